The van der Waals surface area contributed by atoms with Gasteiger partial charge in [0.25, 0.3) is 0 Å². The SMILES string of the molecule is CCC(N)C(c1cccc(F)c1)N(C)CCc1cccs1. The lowest BCUT2D eigenvalue weighted by Gasteiger charge is -2.32. The molecule has 0 radical (unpaired) electrons. The maximum absolute atomic E-state index is 13.5. The van der Waals surface area contributed by atoms with Gasteiger partial charge < -0.3 is 5.73 Å². The predicted molar refractivity (Wildman–Crippen MR) is 88.1 cm³/mol. The van der Waals surface area contributed by atoms with Crippen molar-refractivity contribution in [3.05, 3.63) is 58.0 Å². The number of hydrogen-bond acceptors (Lipinski definition) is 3. The Hall–Kier alpha value is -1.23. The molecule has 0 aliphatic carbocycles. The molecule has 0 spiro atoms. The van der Waals surface area contributed by atoms with E-state index in [1.54, 1.807) is 23.5 Å². The normalized spacial score (nSPS) is 14.3. The molecule has 4 heteroatoms. The molecule has 2 nitrogen and oxygen atoms in total. The topological polar surface area (TPSA) is 29.3 Å². The molecular formula is C17H23FN2S. The van der Waals surface area contributed by atoms with Gasteiger partial charge in [-0.05, 0) is 49.0 Å². The predicted octanol–water partition coefficient (Wildman–Crippen LogP) is 3.84. The number of likely N-dealkylation sites (N-methyl/N-ethyl adjacent to an activating group) is 1. The van der Waals surface area contributed by atoms with Crippen LogP contribution in [0.1, 0.15) is 29.8 Å². The van der Waals surface area contributed by atoms with E-state index in [4.69, 9.17) is 5.73 Å². The quantitative estimate of drug-likeness (QED) is 0.842. The number of benzene rings is 1. The molecule has 0 saturated carbocycles. The Morgan fingerprint density at radius 1 is 1.29 bits per heavy atom. The Morgan fingerprint density at radius 3 is 2.71 bits per heavy atom. The van der Waals surface area contributed by atoms with Crippen molar-refractivity contribution in [3.63, 3.8) is 0 Å². The first-order valence-electron chi connectivity index (χ1n) is 7.35. The minimum atomic E-state index is -0.201. The smallest absolute Gasteiger partial charge is 0.123 e. The summed E-state index contributed by atoms with van der Waals surface area (Å²) in [7, 11) is 2.07. The highest BCUT2D eigenvalue weighted by Crippen LogP contribution is 2.25. The maximum atomic E-state index is 13.5. The van der Waals surface area contributed by atoms with Gasteiger partial charge in [-0.15, -0.1) is 11.3 Å². The van der Waals surface area contributed by atoms with Gasteiger partial charge in [0.15, 0.2) is 0 Å². The summed E-state index contributed by atoms with van der Waals surface area (Å²) in [5, 5.41) is 2.09. The lowest BCUT2D eigenvalue weighted by Crippen LogP contribution is -2.39. The van der Waals surface area contributed by atoms with Crippen LogP contribution in [0.25, 0.3) is 0 Å². The second-order valence-corrected chi connectivity index (χ2v) is 6.41. The Bertz CT molecular complexity index is 541. The molecule has 1 aromatic heterocycles. The Morgan fingerprint density at radius 2 is 2.10 bits per heavy atom. The van der Waals surface area contributed by atoms with E-state index in [9.17, 15) is 4.39 Å². The zero-order valence-electron chi connectivity index (χ0n) is 12.6. The van der Waals surface area contributed by atoms with E-state index >= 15 is 0 Å². The first-order chi connectivity index (χ1) is 10.1. The van der Waals surface area contributed by atoms with Gasteiger partial charge in [-0.25, -0.2) is 4.39 Å². The van der Waals surface area contributed by atoms with Crippen LogP contribution in [0.5, 0.6) is 0 Å². The van der Waals surface area contributed by atoms with E-state index in [1.165, 1.54) is 10.9 Å². The average molecular weight is 306 g/mol. The second kappa shape index (κ2) is 7.69. The molecule has 114 valence electrons. The van der Waals surface area contributed by atoms with Crippen LogP contribution in [-0.4, -0.2) is 24.5 Å². The molecule has 2 N–H and O–H groups in total. The summed E-state index contributed by atoms with van der Waals surface area (Å²) in [6.45, 7) is 2.99. The molecule has 0 bridgehead atoms. The van der Waals surface area contributed by atoms with Crippen LogP contribution >= 0.6 is 11.3 Å². The number of nitrogens with two attached hydrogens (primary N) is 1. The molecule has 2 rings (SSSR count). The van der Waals surface area contributed by atoms with Crippen LogP contribution in [0, 0.1) is 5.82 Å². The van der Waals surface area contributed by atoms with Crippen molar-refractivity contribution in [2.45, 2.75) is 31.8 Å². The molecule has 0 saturated heterocycles. The molecule has 1 aromatic carbocycles. The molecule has 2 atom stereocenters. The van der Waals surface area contributed by atoms with Crippen molar-refractivity contribution < 1.29 is 4.39 Å². The monoisotopic (exact) mass is 306 g/mol. The first kappa shape index (κ1) is 16.1. The van der Waals surface area contributed by atoms with Gasteiger partial charge in [0, 0.05) is 23.5 Å². The lowest BCUT2D eigenvalue weighted by atomic mass is 9.96. The molecule has 21 heavy (non-hydrogen) atoms. The molecule has 2 aromatic rings. The zero-order chi connectivity index (χ0) is 15.2. The van der Waals surface area contributed by atoms with Gasteiger partial charge in [0.05, 0.1) is 0 Å². The summed E-state index contributed by atoms with van der Waals surface area (Å²) in [4.78, 5) is 3.60. The summed E-state index contributed by atoms with van der Waals surface area (Å²) < 4.78 is 13.5. The third kappa shape index (κ3) is 4.37. The van der Waals surface area contributed by atoms with E-state index in [-0.39, 0.29) is 17.9 Å². The number of rotatable bonds is 7. The number of nitrogens with zero attached hydrogens (tertiary/aromatic N) is 1. The fourth-order valence-corrected chi connectivity index (χ4v) is 3.32. The average Bonchev–Trinajstić information content (AvgIpc) is 2.98. The summed E-state index contributed by atoms with van der Waals surface area (Å²) in [6, 6.07) is 11.1. The van der Waals surface area contributed by atoms with Crippen molar-refractivity contribution in [2.75, 3.05) is 13.6 Å². The highest BCUT2D eigenvalue weighted by molar-refractivity contribution is 7.09. The second-order valence-electron chi connectivity index (χ2n) is 5.38. The van der Waals surface area contributed by atoms with Crippen LogP contribution in [-0.2, 0) is 6.42 Å². The summed E-state index contributed by atoms with van der Waals surface area (Å²) in [5.74, 6) is -0.201. The van der Waals surface area contributed by atoms with Gasteiger partial charge >= 0.3 is 0 Å². The highest BCUT2D eigenvalue weighted by Gasteiger charge is 2.23. The summed E-state index contributed by atoms with van der Waals surface area (Å²) in [6.07, 6.45) is 1.86. The van der Waals surface area contributed by atoms with E-state index in [1.807, 2.05) is 6.07 Å². The van der Waals surface area contributed by atoms with Gasteiger partial charge in [-0.2, -0.15) is 0 Å². The lowest BCUT2D eigenvalue weighted by molar-refractivity contribution is 0.212. The maximum Gasteiger partial charge on any atom is 0.123 e. The Balaban J connectivity index is 2.11. The standard InChI is InChI=1S/C17H23FN2S/c1-3-16(19)17(13-6-4-7-14(18)12-13)20(2)10-9-15-8-5-11-21-15/h4-8,11-12,16-17H,3,9-10,19H2,1-2H3. The number of halogens is 1. The summed E-state index contributed by atoms with van der Waals surface area (Å²) in [5.41, 5.74) is 7.24. The van der Waals surface area contributed by atoms with Crippen molar-refractivity contribution in [1.82, 2.24) is 4.90 Å². The minimum Gasteiger partial charge on any atom is -0.326 e. The molecular weight excluding hydrogens is 283 g/mol. The first-order valence-corrected chi connectivity index (χ1v) is 8.23. The largest absolute Gasteiger partial charge is 0.326 e. The highest BCUT2D eigenvalue weighted by atomic mass is 32.1. The van der Waals surface area contributed by atoms with E-state index in [0.717, 1.165) is 24.9 Å². The van der Waals surface area contributed by atoms with E-state index in [2.05, 4.69) is 36.4 Å². The Kier molecular flexibility index (Phi) is 5.91. The number of thiophene rings is 1. The van der Waals surface area contributed by atoms with Crippen LogP contribution in [0.4, 0.5) is 4.39 Å². The third-order valence-corrected chi connectivity index (χ3v) is 4.77. The molecule has 2 unspecified atom stereocenters. The van der Waals surface area contributed by atoms with E-state index in [0.29, 0.717) is 0 Å². The fourth-order valence-electron chi connectivity index (χ4n) is 2.62. The number of hydrogen-bond donors (Lipinski definition) is 1. The van der Waals surface area contributed by atoms with Gasteiger partial charge in [0.2, 0.25) is 0 Å². The van der Waals surface area contributed by atoms with Crippen LogP contribution in [0.2, 0.25) is 0 Å². The third-order valence-electron chi connectivity index (χ3n) is 3.83. The van der Waals surface area contributed by atoms with Gasteiger partial charge in [-0.1, -0.05) is 25.1 Å². The van der Waals surface area contributed by atoms with Gasteiger partial charge in [-0.3, -0.25) is 4.90 Å². The Labute approximate surface area is 130 Å². The molecule has 0 aliphatic heterocycles. The van der Waals surface area contributed by atoms with Crippen molar-refractivity contribution >= 4 is 11.3 Å². The van der Waals surface area contributed by atoms with Crippen LogP contribution in [0.15, 0.2) is 41.8 Å². The molecule has 1 heterocycles. The van der Waals surface area contributed by atoms with Crippen molar-refractivity contribution in [2.24, 2.45) is 5.73 Å². The zero-order valence-corrected chi connectivity index (χ0v) is 13.4. The molecule has 0 aliphatic rings. The fraction of sp³-hybridized carbons (Fsp3) is 0.412. The van der Waals surface area contributed by atoms with Gasteiger partial charge in [0.1, 0.15) is 5.82 Å². The molecule has 0 amide bonds. The van der Waals surface area contributed by atoms with Crippen molar-refractivity contribution in [3.8, 4) is 0 Å². The van der Waals surface area contributed by atoms with Crippen LogP contribution < -0.4 is 5.73 Å². The molecule has 0 fully saturated rings. The summed E-state index contributed by atoms with van der Waals surface area (Å²) >= 11 is 1.77. The van der Waals surface area contributed by atoms with Crippen LogP contribution in [0.3, 0.4) is 0 Å². The minimum absolute atomic E-state index is 0.000126. The van der Waals surface area contributed by atoms with E-state index < -0.39 is 0 Å². The van der Waals surface area contributed by atoms with Crippen molar-refractivity contribution in [1.29, 1.82) is 0 Å².